The summed E-state index contributed by atoms with van der Waals surface area (Å²) in [5.74, 6) is -0.110. The van der Waals surface area contributed by atoms with Gasteiger partial charge in [0.25, 0.3) is 0 Å². The first-order valence-electron chi connectivity index (χ1n) is 8.33. The van der Waals surface area contributed by atoms with E-state index >= 15 is 0 Å². The van der Waals surface area contributed by atoms with Gasteiger partial charge in [-0.25, -0.2) is 0 Å². The van der Waals surface area contributed by atoms with Crippen LogP contribution >= 0.6 is 0 Å². The molecule has 2 aromatic carbocycles. The Labute approximate surface area is 149 Å². The summed E-state index contributed by atoms with van der Waals surface area (Å²) < 4.78 is 37.7. The van der Waals surface area contributed by atoms with Gasteiger partial charge >= 0.3 is 6.18 Å². The summed E-state index contributed by atoms with van der Waals surface area (Å²) in [6.45, 7) is 1.42. The molecule has 0 bridgehead atoms. The minimum Gasteiger partial charge on any atom is -0.326 e. The van der Waals surface area contributed by atoms with Crippen molar-refractivity contribution in [3.8, 4) is 0 Å². The number of nitrogens with one attached hydrogen (secondary N) is 1. The molecule has 2 atom stereocenters. The van der Waals surface area contributed by atoms with Gasteiger partial charge in [-0.1, -0.05) is 30.3 Å². The Bertz CT molecular complexity index is 747. The van der Waals surface area contributed by atoms with Crippen LogP contribution in [0.4, 0.5) is 18.9 Å². The second kappa shape index (κ2) is 7.47. The second-order valence-electron chi connectivity index (χ2n) is 6.50. The van der Waals surface area contributed by atoms with Gasteiger partial charge < -0.3 is 11.1 Å². The van der Waals surface area contributed by atoms with Gasteiger partial charge in [-0.3, -0.25) is 9.69 Å². The van der Waals surface area contributed by atoms with Crippen LogP contribution in [0.3, 0.4) is 0 Å². The Morgan fingerprint density at radius 3 is 2.35 bits per heavy atom. The standard InChI is InChI=1S/C19H20F3N3O/c20-19(21,22)14-6-8-15(9-7-14)24-18(26)12-25-10-16(17(23)11-25)13-4-2-1-3-5-13/h1-9,16-17H,10-12,23H2,(H,24,26)/t16-,17+/m0/s1. The van der Waals surface area contributed by atoms with Crippen LogP contribution in [-0.4, -0.2) is 36.5 Å². The highest BCUT2D eigenvalue weighted by Crippen LogP contribution is 2.30. The van der Waals surface area contributed by atoms with Crippen LogP contribution in [0.2, 0.25) is 0 Å². The fraction of sp³-hybridized carbons (Fsp3) is 0.316. The predicted octanol–water partition coefficient (Wildman–Crippen LogP) is 3.07. The number of amides is 1. The van der Waals surface area contributed by atoms with E-state index in [0.717, 1.165) is 17.7 Å². The Morgan fingerprint density at radius 2 is 1.73 bits per heavy atom. The van der Waals surface area contributed by atoms with E-state index in [9.17, 15) is 18.0 Å². The lowest BCUT2D eigenvalue weighted by molar-refractivity contribution is -0.137. The van der Waals surface area contributed by atoms with Gasteiger partial charge in [0.1, 0.15) is 0 Å². The van der Waals surface area contributed by atoms with E-state index in [1.165, 1.54) is 12.1 Å². The van der Waals surface area contributed by atoms with Crippen molar-refractivity contribution in [2.75, 3.05) is 25.0 Å². The summed E-state index contributed by atoms with van der Waals surface area (Å²) in [7, 11) is 0. The zero-order valence-corrected chi connectivity index (χ0v) is 14.0. The quantitative estimate of drug-likeness (QED) is 0.878. The first-order chi connectivity index (χ1) is 12.3. The Morgan fingerprint density at radius 1 is 1.08 bits per heavy atom. The van der Waals surface area contributed by atoms with E-state index in [1.54, 1.807) is 0 Å². The van der Waals surface area contributed by atoms with Crippen molar-refractivity contribution in [2.24, 2.45) is 5.73 Å². The number of hydrogen-bond donors (Lipinski definition) is 2. The van der Waals surface area contributed by atoms with Gasteiger partial charge in [0.05, 0.1) is 12.1 Å². The van der Waals surface area contributed by atoms with Crippen molar-refractivity contribution in [1.29, 1.82) is 0 Å². The maximum Gasteiger partial charge on any atom is 0.416 e. The lowest BCUT2D eigenvalue weighted by Gasteiger charge is -2.16. The molecule has 138 valence electrons. The minimum absolute atomic E-state index is 0.0590. The molecule has 0 unspecified atom stereocenters. The number of nitrogens with two attached hydrogens (primary N) is 1. The van der Waals surface area contributed by atoms with E-state index in [4.69, 9.17) is 5.73 Å². The molecular formula is C19H20F3N3O. The van der Waals surface area contributed by atoms with E-state index < -0.39 is 11.7 Å². The number of carbonyl (C=O) groups is 1. The predicted molar refractivity (Wildman–Crippen MR) is 93.7 cm³/mol. The number of benzene rings is 2. The van der Waals surface area contributed by atoms with Crippen molar-refractivity contribution in [1.82, 2.24) is 4.90 Å². The molecule has 1 aliphatic heterocycles. The Hall–Kier alpha value is -2.38. The number of nitrogens with zero attached hydrogens (tertiary/aromatic N) is 1. The first kappa shape index (κ1) is 18.4. The zero-order valence-electron chi connectivity index (χ0n) is 14.0. The number of rotatable bonds is 4. The molecule has 1 fully saturated rings. The first-order valence-corrected chi connectivity index (χ1v) is 8.33. The van der Waals surface area contributed by atoms with Gasteiger partial charge in [0, 0.05) is 30.7 Å². The zero-order chi connectivity index (χ0) is 18.7. The minimum atomic E-state index is -4.39. The maximum absolute atomic E-state index is 12.6. The SMILES string of the molecule is N[C@@H]1CN(CC(=O)Nc2ccc(C(F)(F)F)cc2)C[C@H]1c1ccccc1. The Balaban J connectivity index is 1.56. The molecule has 4 nitrogen and oxygen atoms in total. The Kier molecular flexibility index (Phi) is 5.29. The summed E-state index contributed by atoms with van der Waals surface area (Å²) in [5, 5.41) is 2.63. The molecule has 3 rings (SSSR count). The second-order valence-corrected chi connectivity index (χ2v) is 6.50. The molecule has 1 aliphatic rings. The number of alkyl halides is 3. The van der Waals surface area contributed by atoms with Crippen molar-refractivity contribution in [2.45, 2.75) is 18.1 Å². The largest absolute Gasteiger partial charge is 0.416 e. The van der Waals surface area contributed by atoms with E-state index in [2.05, 4.69) is 5.32 Å². The van der Waals surface area contributed by atoms with Crippen LogP contribution in [-0.2, 0) is 11.0 Å². The van der Waals surface area contributed by atoms with E-state index in [0.29, 0.717) is 18.8 Å². The average Bonchev–Trinajstić information content (AvgIpc) is 2.95. The van der Waals surface area contributed by atoms with Crippen LogP contribution in [0.1, 0.15) is 17.0 Å². The molecule has 2 aromatic rings. The number of likely N-dealkylation sites (tertiary alicyclic amines) is 1. The molecule has 0 spiro atoms. The third-order valence-electron chi connectivity index (χ3n) is 4.53. The third kappa shape index (κ3) is 4.42. The van der Waals surface area contributed by atoms with Crippen LogP contribution in [0.15, 0.2) is 54.6 Å². The van der Waals surface area contributed by atoms with Crippen molar-refractivity contribution < 1.29 is 18.0 Å². The van der Waals surface area contributed by atoms with Gasteiger partial charge in [0.2, 0.25) is 5.91 Å². The van der Waals surface area contributed by atoms with Crippen molar-refractivity contribution in [3.05, 3.63) is 65.7 Å². The highest BCUT2D eigenvalue weighted by molar-refractivity contribution is 5.92. The number of anilines is 1. The lowest BCUT2D eigenvalue weighted by atomic mass is 9.95. The molecule has 0 saturated carbocycles. The molecule has 1 saturated heterocycles. The van der Waals surface area contributed by atoms with Gasteiger partial charge in [-0.15, -0.1) is 0 Å². The summed E-state index contributed by atoms with van der Waals surface area (Å²) in [6.07, 6.45) is -4.39. The van der Waals surface area contributed by atoms with E-state index in [1.807, 2.05) is 35.2 Å². The smallest absolute Gasteiger partial charge is 0.326 e. The molecule has 0 aliphatic carbocycles. The summed E-state index contributed by atoms with van der Waals surface area (Å²) in [5.41, 5.74) is 6.95. The van der Waals surface area contributed by atoms with Crippen LogP contribution in [0, 0.1) is 0 Å². The average molecular weight is 363 g/mol. The monoisotopic (exact) mass is 363 g/mol. The summed E-state index contributed by atoms with van der Waals surface area (Å²) in [6, 6.07) is 14.3. The third-order valence-corrected chi connectivity index (χ3v) is 4.53. The molecule has 0 radical (unpaired) electrons. The molecule has 26 heavy (non-hydrogen) atoms. The molecule has 3 N–H and O–H groups in total. The molecular weight excluding hydrogens is 343 g/mol. The summed E-state index contributed by atoms with van der Waals surface area (Å²) in [4.78, 5) is 14.1. The number of halogens is 3. The van der Waals surface area contributed by atoms with Gasteiger partial charge in [0.15, 0.2) is 0 Å². The van der Waals surface area contributed by atoms with E-state index in [-0.39, 0.29) is 24.4 Å². The molecule has 1 amide bonds. The fourth-order valence-corrected chi connectivity index (χ4v) is 3.24. The highest BCUT2D eigenvalue weighted by atomic mass is 19.4. The highest BCUT2D eigenvalue weighted by Gasteiger charge is 2.32. The topological polar surface area (TPSA) is 58.4 Å². The number of carbonyl (C=O) groups excluding carboxylic acids is 1. The molecule has 0 aromatic heterocycles. The van der Waals surface area contributed by atoms with Crippen molar-refractivity contribution in [3.63, 3.8) is 0 Å². The van der Waals surface area contributed by atoms with Crippen LogP contribution in [0.25, 0.3) is 0 Å². The van der Waals surface area contributed by atoms with Crippen LogP contribution < -0.4 is 11.1 Å². The number of hydrogen-bond acceptors (Lipinski definition) is 3. The lowest BCUT2D eigenvalue weighted by Crippen LogP contribution is -2.33. The molecule has 7 heteroatoms. The van der Waals surface area contributed by atoms with Crippen LogP contribution in [0.5, 0.6) is 0 Å². The van der Waals surface area contributed by atoms with Crippen molar-refractivity contribution >= 4 is 11.6 Å². The normalized spacial score (nSPS) is 20.9. The van der Waals surface area contributed by atoms with Gasteiger partial charge in [-0.2, -0.15) is 13.2 Å². The fourth-order valence-electron chi connectivity index (χ4n) is 3.24. The molecule has 1 heterocycles. The van der Waals surface area contributed by atoms with Gasteiger partial charge in [-0.05, 0) is 29.8 Å². The maximum atomic E-state index is 12.6. The summed E-state index contributed by atoms with van der Waals surface area (Å²) >= 11 is 0.